The van der Waals surface area contributed by atoms with E-state index < -0.39 is 0 Å². The molecule has 0 amide bonds. The summed E-state index contributed by atoms with van der Waals surface area (Å²) in [5.74, 6) is 0. The van der Waals surface area contributed by atoms with E-state index in [0.717, 1.165) is 17.9 Å². The maximum absolute atomic E-state index is 5.98. The van der Waals surface area contributed by atoms with Gasteiger partial charge in [-0.15, -0.1) is 11.3 Å². The zero-order chi connectivity index (χ0) is 13.2. The highest BCUT2D eigenvalue weighted by Crippen LogP contribution is 2.27. The number of aryl methyl sites for hydroxylation is 1. The summed E-state index contributed by atoms with van der Waals surface area (Å²) in [4.78, 5) is 0. The average Bonchev–Trinajstić information content (AvgIpc) is 2.83. The minimum absolute atomic E-state index is 0.796. The van der Waals surface area contributed by atoms with Gasteiger partial charge in [-0.3, -0.25) is 0 Å². The standard InChI is InChI=1S/C16H16N2S/c1-11-6-7-14(17)15(8-11)18-9-12-10-19-16-5-3-2-4-13(12)16/h2-8,10,18H,9,17H2,1H3. The Bertz CT molecular complexity index is 716. The summed E-state index contributed by atoms with van der Waals surface area (Å²) in [5, 5.41) is 6.97. The molecule has 3 rings (SSSR count). The van der Waals surface area contributed by atoms with Crippen LogP contribution in [0.1, 0.15) is 11.1 Å². The van der Waals surface area contributed by atoms with Crippen LogP contribution in [0.3, 0.4) is 0 Å². The summed E-state index contributed by atoms with van der Waals surface area (Å²) < 4.78 is 1.33. The number of thiophene rings is 1. The Kier molecular flexibility index (Phi) is 3.13. The summed E-state index contributed by atoms with van der Waals surface area (Å²) in [6.07, 6.45) is 0. The molecule has 0 fully saturated rings. The highest BCUT2D eigenvalue weighted by atomic mass is 32.1. The Labute approximate surface area is 116 Å². The van der Waals surface area contributed by atoms with Gasteiger partial charge in [0.1, 0.15) is 0 Å². The normalized spacial score (nSPS) is 10.8. The fourth-order valence-electron chi connectivity index (χ4n) is 2.18. The number of nitrogens with one attached hydrogen (secondary N) is 1. The monoisotopic (exact) mass is 268 g/mol. The van der Waals surface area contributed by atoms with Gasteiger partial charge in [-0.05, 0) is 47.0 Å². The van der Waals surface area contributed by atoms with Crippen molar-refractivity contribution in [3.05, 3.63) is 59.0 Å². The number of nitrogens with two attached hydrogens (primary N) is 1. The predicted molar refractivity (Wildman–Crippen MR) is 84.7 cm³/mol. The highest BCUT2D eigenvalue weighted by molar-refractivity contribution is 7.17. The fraction of sp³-hybridized carbons (Fsp3) is 0.125. The van der Waals surface area contributed by atoms with Gasteiger partial charge in [0, 0.05) is 11.2 Å². The lowest BCUT2D eigenvalue weighted by Crippen LogP contribution is -2.02. The lowest BCUT2D eigenvalue weighted by molar-refractivity contribution is 1.18. The highest BCUT2D eigenvalue weighted by Gasteiger charge is 2.04. The summed E-state index contributed by atoms with van der Waals surface area (Å²) >= 11 is 1.79. The number of anilines is 2. The van der Waals surface area contributed by atoms with E-state index in [2.05, 4.69) is 48.0 Å². The summed E-state index contributed by atoms with van der Waals surface area (Å²) in [5.41, 5.74) is 10.3. The minimum atomic E-state index is 0.796. The van der Waals surface area contributed by atoms with Crippen LogP contribution in [-0.4, -0.2) is 0 Å². The van der Waals surface area contributed by atoms with Crippen LogP contribution in [0.15, 0.2) is 47.8 Å². The van der Waals surface area contributed by atoms with E-state index in [1.807, 2.05) is 12.1 Å². The van der Waals surface area contributed by atoms with E-state index in [0.29, 0.717) is 0 Å². The van der Waals surface area contributed by atoms with Gasteiger partial charge in [-0.25, -0.2) is 0 Å². The van der Waals surface area contributed by atoms with Crippen molar-refractivity contribution in [2.45, 2.75) is 13.5 Å². The van der Waals surface area contributed by atoms with E-state index in [9.17, 15) is 0 Å². The van der Waals surface area contributed by atoms with Crippen molar-refractivity contribution in [3.8, 4) is 0 Å². The van der Waals surface area contributed by atoms with Gasteiger partial charge in [0.05, 0.1) is 11.4 Å². The second-order valence-electron chi connectivity index (χ2n) is 4.70. The number of nitrogen functional groups attached to an aromatic ring is 1. The Morgan fingerprint density at radius 1 is 1.16 bits per heavy atom. The number of rotatable bonds is 3. The lowest BCUT2D eigenvalue weighted by atomic mass is 10.1. The van der Waals surface area contributed by atoms with Crippen molar-refractivity contribution in [1.82, 2.24) is 0 Å². The minimum Gasteiger partial charge on any atom is -0.397 e. The fourth-order valence-corrected chi connectivity index (χ4v) is 3.15. The Hall–Kier alpha value is -2.00. The average molecular weight is 268 g/mol. The zero-order valence-electron chi connectivity index (χ0n) is 10.8. The molecule has 3 heteroatoms. The molecule has 96 valence electrons. The Balaban J connectivity index is 1.84. The summed E-state index contributed by atoms with van der Waals surface area (Å²) in [6.45, 7) is 2.88. The van der Waals surface area contributed by atoms with Crippen molar-refractivity contribution in [2.75, 3.05) is 11.1 Å². The number of fused-ring (bicyclic) bond motifs is 1. The molecule has 0 radical (unpaired) electrons. The molecule has 3 N–H and O–H groups in total. The largest absolute Gasteiger partial charge is 0.397 e. The van der Waals surface area contributed by atoms with E-state index >= 15 is 0 Å². The van der Waals surface area contributed by atoms with E-state index in [1.54, 1.807) is 11.3 Å². The van der Waals surface area contributed by atoms with Crippen LogP contribution < -0.4 is 11.1 Å². The van der Waals surface area contributed by atoms with Gasteiger partial charge >= 0.3 is 0 Å². The third kappa shape index (κ3) is 2.42. The summed E-state index contributed by atoms with van der Waals surface area (Å²) in [6, 6.07) is 14.6. The van der Waals surface area contributed by atoms with Crippen molar-refractivity contribution < 1.29 is 0 Å². The molecule has 1 aromatic heterocycles. The van der Waals surface area contributed by atoms with Crippen LogP contribution in [0, 0.1) is 6.92 Å². The first-order valence-electron chi connectivity index (χ1n) is 6.29. The molecule has 0 aliphatic heterocycles. The Morgan fingerprint density at radius 2 is 2.00 bits per heavy atom. The van der Waals surface area contributed by atoms with Crippen LogP contribution in [0.2, 0.25) is 0 Å². The molecule has 0 saturated heterocycles. The topological polar surface area (TPSA) is 38.0 Å². The third-order valence-electron chi connectivity index (χ3n) is 3.24. The first-order chi connectivity index (χ1) is 9.24. The molecule has 0 spiro atoms. The SMILES string of the molecule is Cc1ccc(N)c(NCc2csc3ccccc23)c1. The molecule has 19 heavy (non-hydrogen) atoms. The molecule has 2 aromatic carbocycles. The molecular weight excluding hydrogens is 252 g/mol. The van der Waals surface area contributed by atoms with E-state index in [1.165, 1.54) is 21.2 Å². The predicted octanol–water partition coefficient (Wildman–Crippen LogP) is 4.40. The van der Waals surface area contributed by atoms with Crippen LogP contribution in [0.25, 0.3) is 10.1 Å². The second kappa shape index (κ2) is 4.94. The molecule has 0 atom stereocenters. The first-order valence-corrected chi connectivity index (χ1v) is 7.17. The molecule has 1 heterocycles. The zero-order valence-corrected chi connectivity index (χ0v) is 11.6. The molecule has 0 bridgehead atoms. The van der Waals surface area contributed by atoms with Crippen molar-refractivity contribution in [2.24, 2.45) is 0 Å². The van der Waals surface area contributed by atoms with Gasteiger partial charge in [0.25, 0.3) is 0 Å². The molecular formula is C16H16N2S. The molecule has 0 aliphatic rings. The second-order valence-corrected chi connectivity index (χ2v) is 5.61. The molecule has 0 aliphatic carbocycles. The van der Waals surface area contributed by atoms with Gasteiger partial charge in [0.15, 0.2) is 0 Å². The van der Waals surface area contributed by atoms with Crippen molar-refractivity contribution in [1.29, 1.82) is 0 Å². The van der Waals surface area contributed by atoms with Crippen LogP contribution in [0.5, 0.6) is 0 Å². The van der Waals surface area contributed by atoms with Gasteiger partial charge in [-0.1, -0.05) is 24.3 Å². The molecule has 0 unspecified atom stereocenters. The van der Waals surface area contributed by atoms with E-state index in [-0.39, 0.29) is 0 Å². The number of hydrogen-bond acceptors (Lipinski definition) is 3. The van der Waals surface area contributed by atoms with Gasteiger partial charge < -0.3 is 11.1 Å². The summed E-state index contributed by atoms with van der Waals surface area (Å²) in [7, 11) is 0. The van der Waals surface area contributed by atoms with Crippen molar-refractivity contribution in [3.63, 3.8) is 0 Å². The van der Waals surface area contributed by atoms with Crippen molar-refractivity contribution >= 4 is 32.8 Å². The maximum atomic E-state index is 5.98. The first kappa shape index (κ1) is 12.1. The lowest BCUT2D eigenvalue weighted by Gasteiger charge is -2.09. The third-order valence-corrected chi connectivity index (χ3v) is 4.25. The molecule has 2 nitrogen and oxygen atoms in total. The van der Waals surface area contributed by atoms with Crippen LogP contribution >= 0.6 is 11.3 Å². The number of benzene rings is 2. The smallest absolute Gasteiger partial charge is 0.0579 e. The van der Waals surface area contributed by atoms with Gasteiger partial charge in [-0.2, -0.15) is 0 Å². The van der Waals surface area contributed by atoms with Crippen LogP contribution in [0.4, 0.5) is 11.4 Å². The maximum Gasteiger partial charge on any atom is 0.0579 e. The van der Waals surface area contributed by atoms with E-state index in [4.69, 9.17) is 5.73 Å². The quantitative estimate of drug-likeness (QED) is 0.691. The molecule has 3 aromatic rings. The number of hydrogen-bond donors (Lipinski definition) is 2. The molecule has 0 saturated carbocycles. The Morgan fingerprint density at radius 3 is 2.89 bits per heavy atom. The van der Waals surface area contributed by atoms with Gasteiger partial charge in [0.2, 0.25) is 0 Å². The van der Waals surface area contributed by atoms with Crippen LogP contribution in [-0.2, 0) is 6.54 Å².